The van der Waals surface area contributed by atoms with Gasteiger partial charge in [-0.1, -0.05) is 18.2 Å². The Labute approximate surface area is 135 Å². The fourth-order valence-corrected chi connectivity index (χ4v) is 2.65. The molecule has 3 aromatic rings. The maximum Gasteiger partial charge on any atom is 0.337 e. The average Bonchev–Trinajstić information content (AvgIpc) is 2.93. The van der Waals surface area contributed by atoms with E-state index in [1.807, 2.05) is 0 Å². The predicted molar refractivity (Wildman–Crippen MR) is 86.5 cm³/mol. The van der Waals surface area contributed by atoms with E-state index in [-0.39, 0.29) is 16.8 Å². The second-order valence-corrected chi connectivity index (χ2v) is 5.30. The third-order valence-corrected chi connectivity index (χ3v) is 3.80. The van der Waals surface area contributed by atoms with Crippen LogP contribution in [0.1, 0.15) is 26.3 Å². The zero-order chi connectivity index (χ0) is 17.4. The van der Waals surface area contributed by atoms with Crippen LogP contribution in [0.15, 0.2) is 48.7 Å². The molecule has 0 saturated heterocycles. The summed E-state index contributed by atoms with van der Waals surface area (Å²) in [5.41, 5.74) is 1.03. The normalized spacial score (nSPS) is 10.7. The number of carboxylic acids is 1. The molecule has 24 heavy (non-hydrogen) atoms. The number of carbonyl (C=O) groups is 2. The molecule has 0 aliphatic rings. The van der Waals surface area contributed by atoms with Gasteiger partial charge in [0.15, 0.2) is 0 Å². The van der Waals surface area contributed by atoms with Crippen LogP contribution in [0.2, 0.25) is 0 Å². The van der Waals surface area contributed by atoms with Gasteiger partial charge in [0.05, 0.1) is 16.0 Å². The van der Waals surface area contributed by atoms with Crippen molar-refractivity contribution in [1.29, 1.82) is 0 Å². The zero-order valence-electron chi connectivity index (χ0n) is 12.6. The second kappa shape index (κ2) is 5.62. The summed E-state index contributed by atoms with van der Waals surface area (Å²) in [4.78, 5) is 34.5. The zero-order valence-corrected chi connectivity index (χ0v) is 12.6. The molecule has 0 aliphatic heterocycles. The second-order valence-electron chi connectivity index (χ2n) is 5.30. The van der Waals surface area contributed by atoms with Gasteiger partial charge in [-0.3, -0.25) is 19.5 Å². The molecule has 0 saturated carbocycles. The molecule has 0 radical (unpaired) electrons. The number of aryl methyl sites for hydroxylation is 1. The summed E-state index contributed by atoms with van der Waals surface area (Å²) in [6, 6.07) is 10.7. The summed E-state index contributed by atoms with van der Waals surface area (Å²) >= 11 is 0. The molecule has 2 aromatic carbocycles. The van der Waals surface area contributed by atoms with Crippen LogP contribution in [0.4, 0.5) is 5.69 Å². The Kier molecular flexibility index (Phi) is 3.61. The van der Waals surface area contributed by atoms with E-state index < -0.39 is 16.8 Å². The Morgan fingerprint density at radius 2 is 1.88 bits per heavy atom. The molecule has 1 N–H and O–H groups in total. The maximum absolute atomic E-state index is 12.7. The number of nitro groups is 1. The molecular formula is C17H12N2O5. The summed E-state index contributed by atoms with van der Waals surface area (Å²) in [5, 5.41) is 20.6. The van der Waals surface area contributed by atoms with E-state index in [9.17, 15) is 24.8 Å². The topological polar surface area (TPSA) is 102 Å². The van der Waals surface area contributed by atoms with Crippen LogP contribution in [-0.2, 0) is 0 Å². The Hall–Kier alpha value is -3.48. The van der Waals surface area contributed by atoms with E-state index in [2.05, 4.69) is 0 Å². The highest BCUT2D eigenvalue weighted by Crippen LogP contribution is 2.24. The number of rotatable bonds is 3. The van der Waals surface area contributed by atoms with E-state index in [1.54, 1.807) is 31.2 Å². The Bertz CT molecular complexity index is 1000. The van der Waals surface area contributed by atoms with Crippen LogP contribution in [0, 0.1) is 17.0 Å². The lowest BCUT2D eigenvalue weighted by molar-refractivity contribution is -0.385. The first kappa shape index (κ1) is 15.4. The molecule has 7 heteroatoms. The van der Waals surface area contributed by atoms with E-state index in [1.165, 1.54) is 29.0 Å². The first-order valence-corrected chi connectivity index (χ1v) is 7.03. The largest absolute Gasteiger partial charge is 0.478 e. The molecule has 3 rings (SSSR count). The third kappa shape index (κ3) is 2.41. The number of carbonyl (C=O) groups excluding carboxylic acids is 1. The monoisotopic (exact) mass is 324 g/mol. The maximum atomic E-state index is 12.7. The number of fused-ring (bicyclic) bond motifs is 1. The van der Waals surface area contributed by atoms with Crippen molar-refractivity contribution in [3.63, 3.8) is 0 Å². The third-order valence-electron chi connectivity index (χ3n) is 3.80. The van der Waals surface area contributed by atoms with Gasteiger partial charge >= 0.3 is 5.97 Å². The van der Waals surface area contributed by atoms with Crippen LogP contribution in [-0.4, -0.2) is 26.5 Å². The van der Waals surface area contributed by atoms with Crippen molar-refractivity contribution < 1.29 is 19.6 Å². The highest BCUT2D eigenvalue weighted by Gasteiger charge is 2.20. The molecule has 0 fully saturated rings. The van der Waals surface area contributed by atoms with Gasteiger partial charge in [-0.2, -0.15) is 0 Å². The van der Waals surface area contributed by atoms with Crippen LogP contribution in [0.3, 0.4) is 0 Å². The lowest BCUT2D eigenvalue weighted by Crippen LogP contribution is -2.11. The van der Waals surface area contributed by atoms with Gasteiger partial charge in [0.25, 0.3) is 11.6 Å². The summed E-state index contributed by atoms with van der Waals surface area (Å²) in [5.74, 6) is -1.57. The molecule has 0 spiro atoms. The number of benzene rings is 2. The number of aromatic carboxylic acids is 1. The summed E-state index contributed by atoms with van der Waals surface area (Å²) in [6.45, 7) is 1.55. The SMILES string of the molecule is Cc1cc(C(=O)n2cc(C(=O)O)c3ccccc32)ccc1[N+](=O)[O-]. The molecule has 0 amide bonds. The molecule has 0 bridgehead atoms. The average molecular weight is 324 g/mol. The standard InChI is InChI=1S/C17H12N2O5/c1-10-8-11(6-7-14(10)19(23)24)16(20)18-9-13(17(21)22)12-4-2-3-5-15(12)18/h2-9H,1H3,(H,21,22). The number of hydrogen-bond donors (Lipinski definition) is 1. The number of carboxylic acid groups (broad SMARTS) is 1. The molecule has 120 valence electrons. The number of aromatic nitrogens is 1. The van der Waals surface area contributed by atoms with Crippen molar-refractivity contribution in [3.8, 4) is 0 Å². The fourth-order valence-electron chi connectivity index (χ4n) is 2.65. The van der Waals surface area contributed by atoms with E-state index in [0.29, 0.717) is 16.5 Å². The van der Waals surface area contributed by atoms with Crippen LogP contribution in [0.5, 0.6) is 0 Å². The van der Waals surface area contributed by atoms with E-state index >= 15 is 0 Å². The van der Waals surface area contributed by atoms with Crippen molar-refractivity contribution in [1.82, 2.24) is 4.57 Å². The molecule has 1 aromatic heterocycles. The Morgan fingerprint density at radius 3 is 2.50 bits per heavy atom. The molecule has 0 atom stereocenters. The minimum atomic E-state index is -1.13. The minimum Gasteiger partial charge on any atom is -0.478 e. The van der Waals surface area contributed by atoms with Gasteiger partial charge in [0, 0.05) is 28.8 Å². The highest BCUT2D eigenvalue weighted by atomic mass is 16.6. The van der Waals surface area contributed by atoms with Crippen molar-refractivity contribution in [2.75, 3.05) is 0 Å². The van der Waals surface area contributed by atoms with Crippen LogP contribution < -0.4 is 0 Å². The van der Waals surface area contributed by atoms with Crippen molar-refractivity contribution in [2.45, 2.75) is 6.92 Å². The molecular weight excluding hydrogens is 312 g/mol. The number of hydrogen-bond acceptors (Lipinski definition) is 4. The fraction of sp³-hybridized carbons (Fsp3) is 0.0588. The van der Waals surface area contributed by atoms with Crippen molar-refractivity contribution in [2.24, 2.45) is 0 Å². The smallest absolute Gasteiger partial charge is 0.337 e. The van der Waals surface area contributed by atoms with Crippen molar-refractivity contribution in [3.05, 3.63) is 75.5 Å². The van der Waals surface area contributed by atoms with Gasteiger partial charge in [-0.15, -0.1) is 0 Å². The van der Waals surface area contributed by atoms with Gasteiger partial charge in [-0.25, -0.2) is 4.79 Å². The van der Waals surface area contributed by atoms with E-state index in [4.69, 9.17) is 0 Å². The Balaban J connectivity index is 2.14. The molecule has 0 aliphatic carbocycles. The van der Waals surface area contributed by atoms with Crippen LogP contribution in [0.25, 0.3) is 10.9 Å². The predicted octanol–water partition coefficient (Wildman–Crippen LogP) is 3.24. The van der Waals surface area contributed by atoms with Gasteiger partial charge in [-0.05, 0) is 25.1 Å². The lowest BCUT2D eigenvalue weighted by Gasteiger charge is -2.05. The summed E-state index contributed by atoms with van der Waals surface area (Å²) in [6.07, 6.45) is 1.27. The first-order valence-electron chi connectivity index (χ1n) is 7.03. The summed E-state index contributed by atoms with van der Waals surface area (Å²) in [7, 11) is 0. The number of nitro benzene ring substituents is 1. The molecule has 1 heterocycles. The van der Waals surface area contributed by atoms with Crippen LogP contribution >= 0.6 is 0 Å². The van der Waals surface area contributed by atoms with E-state index in [0.717, 1.165) is 0 Å². The van der Waals surface area contributed by atoms with Gasteiger partial charge in [0.2, 0.25) is 0 Å². The number of para-hydroxylation sites is 1. The molecule has 0 unspecified atom stereocenters. The first-order chi connectivity index (χ1) is 11.4. The quantitative estimate of drug-likeness (QED) is 0.588. The Morgan fingerprint density at radius 1 is 1.17 bits per heavy atom. The highest BCUT2D eigenvalue weighted by molar-refractivity contribution is 6.09. The van der Waals surface area contributed by atoms with Gasteiger partial charge < -0.3 is 5.11 Å². The molecule has 7 nitrogen and oxygen atoms in total. The number of nitrogens with zero attached hydrogens (tertiary/aromatic N) is 2. The van der Waals surface area contributed by atoms with Crippen molar-refractivity contribution >= 4 is 28.5 Å². The summed E-state index contributed by atoms with van der Waals surface area (Å²) < 4.78 is 1.25. The van der Waals surface area contributed by atoms with Gasteiger partial charge in [0.1, 0.15) is 0 Å². The lowest BCUT2D eigenvalue weighted by atomic mass is 10.1. The minimum absolute atomic E-state index is 0.0255.